The molecule has 0 spiro atoms. The van der Waals surface area contributed by atoms with Gasteiger partial charge in [0, 0.05) is 17.8 Å². The highest BCUT2D eigenvalue weighted by molar-refractivity contribution is 5.97. The Hall–Kier alpha value is -3.64. The van der Waals surface area contributed by atoms with Gasteiger partial charge in [-0.15, -0.1) is 0 Å². The Kier molecular flexibility index (Phi) is 10.5. The lowest BCUT2D eigenvalue weighted by molar-refractivity contribution is -0.153. The van der Waals surface area contributed by atoms with Crippen LogP contribution in [0.25, 0.3) is 0 Å². The van der Waals surface area contributed by atoms with Gasteiger partial charge >= 0.3 is 5.97 Å². The maximum Gasteiger partial charge on any atom is 0.333 e. The number of hydrogen-bond acceptors (Lipinski definition) is 6. The van der Waals surface area contributed by atoms with Gasteiger partial charge in [0.25, 0.3) is 0 Å². The third-order valence-electron chi connectivity index (χ3n) is 6.32. The molecule has 0 amide bonds. The van der Waals surface area contributed by atoms with Gasteiger partial charge in [-0.3, -0.25) is 4.79 Å². The van der Waals surface area contributed by atoms with Crippen LogP contribution in [0.4, 0.5) is 5.69 Å². The summed E-state index contributed by atoms with van der Waals surface area (Å²) in [5.41, 5.74) is 2.24. The van der Waals surface area contributed by atoms with Gasteiger partial charge < -0.3 is 20.1 Å². The van der Waals surface area contributed by atoms with Gasteiger partial charge in [-0.25, -0.2) is 4.79 Å². The van der Waals surface area contributed by atoms with E-state index in [1.54, 1.807) is 31.4 Å². The molecule has 0 fully saturated rings. The molecule has 6 heteroatoms. The molecule has 0 heterocycles. The van der Waals surface area contributed by atoms with Crippen molar-refractivity contribution in [2.75, 3.05) is 25.5 Å². The number of esters is 1. The minimum Gasteiger partial charge on any atom is -0.497 e. The Morgan fingerprint density at radius 3 is 2.17 bits per heavy atom. The average molecular weight is 489 g/mol. The van der Waals surface area contributed by atoms with Gasteiger partial charge in [0.1, 0.15) is 11.9 Å². The van der Waals surface area contributed by atoms with Crippen LogP contribution in [-0.4, -0.2) is 38.1 Å². The van der Waals surface area contributed by atoms with E-state index >= 15 is 0 Å². The second-order valence-electron chi connectivity index (χ2n) is 8.69. The lowest BCUT2D eigenvalue weighted by Crippen LogP contribution is -2.40. The molecule has 2 N–H and O–H groups in total. The van der Waals surface area contributed by atoms with Crippen molar-refractivity contribution in [1.82, 2.24) is 5.32 Å². The fraction of sp³-hybridized carbons (Fsp3) is 0.333. The number of rotatable bonds is 14. The van der Waals surface area contributed by atoms with E-state index in [1.807, 2.05) is 60.7 Å². The van der Waals surface area contributed by atoms with Crippen LogP contribution in [-0.2, 0) is 9.53 Å². The number of carbonyl (C=O) groups is 2. The van der Waals surface area contributed by atoms with E-state index in [2.05, 4.69) is 24.5 Å². The number of anilines is 1. The molecule has 0 saturated heterocycles. The summed E-state index contributed by atoms with van der Waals surface area (Å²) in [6, 6.07) is 25.6. The van der Waals surface area contributed by atoms with Gasteiger partial charge in [0.05, 0.1) is 13.7 Å². The molecule has 0 aliphatic rings. The predicted molar refractivity (Wildman–Crippen MR) is 143 cm³/mol. The van der Waals surface area contributed by atoms with Gasteiger partial charge in [-0.05, 0) is 48.6 Å². The molecule has 3 aromatic carbocycles. The Balaban J connectivity index is 1.70. The van der Waals surface area contributed by atoms with E-state index in [4.69, 9.17) is 9.47 Å². The number of ketones is 1. The third-order valence-corrected chi connectivity index (χ3v) is 6.32. The molecule has 0 bridgehead atoms. The summed E-state index contributed by atoms with van der Waals surface area (Å²) in [5, 5.41) is 6.54. The van der Waals surface area contributed by atoms with Gasteiger partial charge in [-0.2, -0.15) is 0 Å². The maximum atomic E-state index is 13.5. The van der Waals surface area contributed by atoms with Crippen molar-refractivity contribution in [2.45, 2.75) is 38.8 Å². The van der Waals surface area contributed by atoms with Crippen molar-refractivity contribution in [2.24, 2.45) is 5.92 Å². The smallest absolute Gasteiger partial charge is 0.333 e. The number of methoxy groups -OCH3 is 1. The fourth-order valence-electron chi connectivity index (χ4n) is 4.19. The molecule has 3 rings (SSSR count). The van der Waals surface area contributed by atoms with E-state index in [0.29, 0.717) is 17.9 Å². The summed E-state index contributed by atoms with van der Waals surface area (Å²) in [6.45, 7) is 4.72. The molecule has 0 aliphatic heterocycles. The van der Waals surface area contributed by atoms with Crippen LogP contribution < -0.4 is 15.4 Å². The zero-order valence-electron chi connectivity index (χ0n) is 21.3. The van der Waals surface area contributed by atoms with Crippen molar-refractivity contribution < 1.29 is 19.1 Å². The molecule has 6 nitrogen and oxygen atoms in total. The first-order valence-electron chi connectivity index (χ1n) is 12.5. The van der Waals surface area contributed by atoms with E-state index in [-0.39, 0.29) is 30.3 Å². The number of para-hydroxylation sites is 1. The summed E-state index contributed by atoms with van der Waals surface area (Å²) in [4.78, 5) is 26.2. The largest absolute Gasteiger partial charge is 0.497 e. The average Bonchev–Trinajstić information content (AvgIpc) is 2.93. The topological polar surface area (TPSA) is 76.7 Å². The fourth-order valence-corrected chi connectivity index (χ4v) is 4.19. The number of ether oxygens (including phenoxy) is 2. The molecule has 0 unspecified atom stereocenters. The van der Waals surface area contributed by atoms with E-state index in [0.717, 1.165) is 24.1 Å². The summed E-state index contributed by atoms with van der Waals surface area (Å²) in [5.74, 6) is 0.420. The summed E-state index contributed by atoms with van der Waals surface area (Å²) >= 11 is 0. The standard InChI is InChI=1S/C30H36N2O4/c1-4-22(5-2)28(21-31-20-27(33)24-15-12-18-26(19-24)35-3)36-30(34)29(23-13-8-6-9-14-23)32-25-16-10-7-11-17-25/h6-19,22,28-29,31-32H,4-5,20-21H2,1-3H3/t28-,29+/m0/s1. The number of hydrogen-bond donors (Lipinski definition) is 2. The van der Waals surface area contributed by atoms with E-state index < -0.39 is 6.04 Å². The monoisotopic (exact) mass is 488 g/mol. The van der Waals surface area contributed by atoms with Crippen molar-refractivity contribution in [3.63, 3.8) is 0 Å². The molecule has 0 aliphatic carbocycles. The Bertz CT molecular complexity index is 1080. The van der Waals surface area contributed by atoms with Crippen LogP contribution >= 0.6 is 0 Å². The highest BCUT2D eigenvalue weighted by Gasteiger charge is 2.28. The first kappa shape index (κ1) is 27.0. The molecule has 36 heavy (non-hydrogen) atoms. The number of nitrogens with one attached hydrogen (secondary N) is 2. The van der Waals surface area contributed by atoms with E-state index in [9.17, 15) is 9.59 Å². The molecule has 0 radical (unpaired) electrons. The minimum absolute atomic E-state index is 0.0450. The van der Waals surface area contributed by atoms with Crippen molar-refractivity contribution >= 4 is 17.4 Å². The zero-order valence-corrected chi connectivity index (χ0v) is 21.3. The van der Waals surface area contributed by atoms with Crippen LogP contribution in [0.15, 0.2) is 84.9 Å². The minimum atomic E-state index is -0.649. The summed E-state index contributed by atoms with van der Waals surface area (Å²) in [6.07, 6.45) is 1.36. The van der Waals surface area contributed by atoms with Crippen molar-refractivity contribution in [3.8, 4) is 5.75 Å². The van der Waals surface area contributed by atoms with Crippen LogP contribution in [0.3, 0.4) is 0 Å². The first-order valence-corrected chi connectivity index (χ1v) is 12.5. The Morgan fingerprint density at radius 1 is 0.861 bits per heavy atom. The zero-order chi connectivity index (χ0) is 25.8. The van der Waals surface area contributed by atoms with Crippen molar-refractivity contribution in [1.29, 1.82) is 0 Å². The predicted octanol–water partition coefficient (Wildman–Crippen LogP) is 5.67. The molecule has 3 aromatic rings. The van der Waals surface area contributed by atoms with Crippen LogP contribution in [0.5, 0.6) is 5.75 Å². The lowest BCUT2D eigenvalue weighted by atomic mass is 9.96. The van der Waals surface area contributed by atoms with Gasteiger partial charge in [0.15, 0.2) is 11.8 Å². The first-order chi connectivity index (χ1) is 17.5. The Labute approximate surface area is 214 Å². The van der Waals surface area contributed by atoms with E-state index in [1.165, 1.54) is 0 Å². The normalized spacial score (nSPS) is 12.6. The summed E-state index contributed by atoms with van der Waals surface area (Å²) < 4.78 is 11.3. The lowest BCUT2D eigenvalue weighted by Gasteiger charge is -2.28. The highest BCUT2D eigenvalue weighted by Crippen LogP contribution is 2.24. The van der Waals surface area contributed by atoms with Crippen LogP contribution in [0, 0.1) is 5.92 Å². The molecular formula is C30H36N2O4. The highest BCUT2D eigenvalue weighted by atomic mass is 16.5. The number of carbonyl (C=O) groups excluding carboxylic acids is 2. The second-order valence-corrected chi connectivity index (χ2v) is 8.69. The SMILES string of the molecule is CCC(CC)[C@H](CNCC(=O)c1cccc(OC)c1)OC(=O)[C@H](Nc1ccccc1)c1ccccc1. The third kappa shape index (κ3) is 7.68. The van der Waals surface area contributed by atoms with Crippen molar-refractivity contribution in [3.05, 3.63) is 96.1 Å². The molecule has 190 valence electrons. The summed E-state index contributed by atoms with van der Waals surface area (Å²) in [7, 11) is 1.58. The van der Waals surface area contributed by atoms with Gasteiger partial charge in [0.2, 0.25) is 0 Å². The molecule has 2 atom stereocenters. The molecular weight excluding hydrogens is 452 g/mol. The second kappa shape index (κ2) is 14.0. The van der Waals surface area contributed by atoms with Crippen LogP contribution in [0.2, 0.25) is 0 Å². The quantitative estimate of drug-likeness (QED) is 0.225. The van der Waals surface area contributed by atoms with Gasteiger partial charge in [-0.1, -0.05) is 74.5 Å². The molecule has 0 aromatic heterocycles. The Morgan fingerprint density at radius 2 is 1.53 bits per heavy atom. The maximum absolute atomic E-state index is 13.5. The number of benzene rings is 3. The number of Topliss-reactive ketones (excluding diaryl/α,β-unsaturated/α-hetero) is 1. The van der Waals surface area contributed by atoms with Crippen LogP contribution in [0.1, 0.15) is 48.7 Å². The molecule has 0 saturated carbocycles.